The fourth-order valence-corrected chi connectivity index (χ4v) is 1.78. The number of hydrogen-bond donors (Lipinski definition) is 1. The van der Waals surface area contributed by atoms with E-state index in [4.69, 9.17) is 5.11 Å². The molecule has 2 aromatic rings. The molecule has 0 saturated carbocycles. The third-order valence-electron chi connectivity index (χ3n) is 2.80. The maximum atomic E-state index is 12.6. The number of pyridine rings is 1. The average Bonchev–Trinajstić information content (AvgIpc) is 2.38. The monoisotopic (exact) mass is 281 g/mol. The van der Waals surface area contributed by atoms with E-state index < -0.39 is 23.3 Å². The Morgan fingerprint density at radius 3 is 2.40 bits per heavy atom. The topological polar surface area (TPSA) is 50.2 Å². The molecule has 3 nitrogen and oxygen atoms in total. The fourth-order valence-electron chi connectivity index (χ4n) is 1.78. The number of nitrogens with zero attached hydrogens (tertiary/aromatic N) is 1. The Morgan fingerprint density at radius 2 is 1.90 bits per heavy atom. The Labute approximate surface area is 112 Å². The van der Waals surface area contributed by atoms with Crippen LogP contribution in [0.2, 0.25) is 0 Å². The normalized spacial score (nSPS) is 11.4. The van der Waals surface area contributed by atoms with Gasteiger partial charge in [0.1, 0.15) is 0 Å². The summed E-state index contributed by atoms with van der Waals surface area (Å²) < 4.78 is 37.8. The van der Waals surface area contributed by atoms with Crippen molar-refractivity contribution in [3.05, 3.63) is 53.3 Å². The molecule has 0 atom stereocenters. The van der Waals surface area contributed by atoms with Gasteiger partial charge in [0, 0.05) is 17.5 Å². The minimum absolute atomic E-state index is 0.206. The molecule has 0 saturated heterocycles. The lowest BCUT2D eigenvalue weighted by atomic mass is 9.98. The highest BCUT2D eigenvalue weighted by Crippen LogP contribution is 2.33. The fraction of sp³-hybridized carbons (Fsp3) is 0.143. The van der Waals surface area contributed by atoms with E-state index in [1.54, 1.807) is 19.1 Å². The van der Waals surface area contributed by atoms with Crippen LogP contribution in [0.5, 0.6) is 0 Å². The summed E-state index contributed by atoms with van der Waals surface area (Å²) in [6.45, 7) is 1.76. The molecule has 1 heterocycles. The van der Waals surface area contributed by atoms with E-state index in [0.29, 0.717) is 11.6 Å². The number of aryl methyl sites for hydroxylation is 1. The van der Waals surface area contributed by atoms with Crippen molar-refractivity contribution in [2.75, 3.05) is 0 Å². The second-order valence-corrected chi connectivity index (χ2v) is 4.25. The number of carboxylic acid groups (broad SMARTS) is 1. The van der Waals surface area contributed by atoms with E-state index in [1.165, 1.54) is 6.20 Å². The van der Waals surface area contributed by atoms with Crippen LogP contribution in [-0.2, 0) is 6.18 Å². The minimum atomic E-state index is -4.58. The summed E-state index contributed by atoms with van der Waals surface area (Å²) in [5.74, 6) is -1.41. The summed E-state index contributed by atoms with van der Waals surface area (Å²) in [5.41, 5.74) is 0.0152. The van der Waals surface area contributed by atoms with Crippen molar-refractivity contribution in [2.24, 2.45) is 0 Å². The molecule has 0 aliphatic heterocycles. The first-order valence-electron chi connectivity index (χ1n) is 5.66. The number of hydrogen-bond acceptors (Lipinski definition) is 2. The number of alkyl halides is 3. The molecule has 104 valence electrons. The molecule has 20 heavy (non-hydrogen) atoms. The Morgan fingerprint density at radius 1 is 1.20 bits per heavy atom. The number of rotatable bonds is 2. The zero-order chi connectivity index (χ0) is 14.9. The van der Waals surface area contributed by atoms with Gasteiger partial charge in [-0.1, -0.05) is 12.1 Å². The smallest absolute Gasteiger partial charge is 0.416 e. The van der Waals surface area contributed by atoms with Gasteiger partial charge in [-0.3, -0.25) is 4.98 Å². The second-order valence-electron chi connectivity index (χ2n) is 4.25. The summed E-state index contributed by atoms with van der Waals surface area (Å²) in [4.78, 5) is 15.2. The maximum absolute atomic E-state index is 12.6. The molecule has 0 spiro atoms. The van der Waals surface area contributed by atoms with Gasteiger partial charge in [-0.25, -0.2) is 4.79 Å². The number of halogens is 3. The predicted octanol–water partition coefficient (Wildman–Crippen LogP) is 3.77. The van der Waals surface area contributed by atoms with Crippen molar-refractivity contribution in [1.29, 1.82) is 0 Å². The molecule has 1 aromatic heterocycles. The molecular formula is C14H10F3NO2. The van der Waals surface area contributed by atoms with Gasteiger partial charge in [0.2, 0.25) is 0 Å². The summed E-state index contributed by atoms with van der Waals surface area (Å²) in [5, 5.41) is 9.08. The first-order chi connectivity index (χ1) is 9.29. The van der Waals surface area contributed by atoms with Gasteiger partial charge >= 0.3 is 12.1 Å². The van der Waals surface area contributed by atoms with Crippen LogP contribution in [0.3, 0.4) is 0 Å². The predicted molar refractivity (Wildman–Crippen MR) is 66.4 cm³/mol. The van der Waals surface area contributed by atoms with Crippen LogP contribution in [0.4, 0.5) is 13.2 Å². The van der Waals surface area contributed by atoms with Gasteiger partial charge in [0.15, 0.2) is 0 Å². The highest BCUT2D eigenvalue weighted by molar-refractivity contribution is 5.96. The third-order valence-corrected chi connectivity index (χ3v) is 2.80. The third kappa shape index (κ3) is 2.79. The number of benzene rings is 1. The summed E-state index contributed by atoms with van der Waals surface area (Å²) in [7, 11) is 0. The molecule has 0 aliphatic rings. The van der Waals surface area contributed by atoms with E-state index >= 15 is 0 Å². The standard InChI is InChI=1S/C14H10F3NO2/c1-8-2-3-9(7-18-8)11-5-4-10(14(15,16)17)6-12(11)13(19)20/h2-7H,1H3,(H,19,20). The Hall–Kier alpha value is -2.37. The van der Waals surface area contributed by atoms with E-state index in [9.17, 15) is 18.0 Å². The van der Waals surface area contributed by atoms with Gasteiger partial charge < -0.3 is 5.11 Å². The molecule has 0 aliphatic carbocycles. The van der Waals surface area contributed by atoms with Gasteiger partial charge in [0.25, 0.3) is 0 Å². The first kappa shape index (κ1) is 14.0. The lowest BCUT2D eigenvalue weighted by Gasteiger charge is -2.11. The first-order valence-corrected chi connectivity index (χ1v) is 5.66. The highest BCUT2D eigenvalue weighted by atomic mass is 19.4. The maximum Gasteiger partial charge on any atom is 0.416 e. The van der Waals surface area contributed by atoms with Crippen molar-refractivity contribution in [3.63, 3.8) is 0 Å². The second kappa shape index (κ2) is 4.96. The Kier molecular flexibility index (Phi) is 3.48. The van der Waals surface area contributed by atoms with Crippen LogP contribution < -0.4 is 0 Å². The molecule has 2 rings (SSSR count). The van der Waals surface area contributed by atoms with Crippen LogP contribution in [0.15, 0.2) is 36.5 Å². The summed E-state index contributed by atoms with van der Waals surface area (Å²) in [6.07, 6.45) is -3.14. The van der Waals surface area contributed by atoms with Crippen molar-refractivity contribution in [3.8, 4) is 11.1 Å². The van der Waals surface area contributed by atoms with E-state index in [-0.39, 0.29) is 5.56 Å². The summed E-state index contributed by atoms with van der Waals surface area (Å²) >= 11 is 0. The van der Waals surface area contributed by atoms with Crippen LogP contribution in [-0.4, -0.2) is 16.1 Å². The van der Waals surface area contributed by atoms with Crippen LogP contribution in [0.1, 0.15) is 21.6 Å². The van der Waals surface area contributed by atoms with Gasteiger partial charge in [-0.2, -0.15) is 13.2 Å². The van der Waals surface area contributed by atoms with E-state index in [0.717, 1.165) is 17.8 Å². The zero-order valence-electron chi connectivity index (χ0n) is 10.4. The molecule has 0 unspecified atom stereocenters. The largest absolute Gasteiger partial charge is 0.478 e. The molecular weight excluding hydrogens is 271 g/mol. The Balaban J connectivity index is 2.59. The molecule has 0 amide bonds. The lowest BCUT2D eigenvalue weighted by molar-refractivity contribution is -0.137. The van der Waals surface area contributed by atoms with Crippen LogP contribution in [0, 0.1) is 6.92 Å². The highest BCUT2D eigenvalue weighted by Gasteiger charge is 2.31. The van der Waals surface area contributed by atoms with E-state index in [2.05, 4.69) is 4.98 Å². The van der Waals surface area contributed by atoms with E-state index in [1.807, 2.05) is 0 Å². The summed E-state index contributed by atoms with van der Waals surface area (Å²) in [6, 6.07) is 5.94. The van der Waals surface area contributed by atoms with Gasteiger partial charge in [0.05, 0.1) is 11.1 Å². The number of aromatic carboxylic acids is 1. The molecule has 1 aromatic carbocycles. The average molecular weight is 281 g/mol. The van der Waals surface area contributed by atoms with Gasteiger partial charge in [-0.15, -0.1) is 0 Å². The van der Waals surface area contributed by atoms with Crippen LogP contribution in [0.25, 0.3) is 11.1 Å². The van der Waals surface area contributed by atoms with Crippen molar-refractivity contribution in [2.45, 2.75) is 13.1 Å². The number of carboxylic acids is 1. The zero-order valence-corrected chi connectivity index (χ0v) is 10.4. The van der Waals surface area contributed by atoms with Crippen molar-refractivity contribution in [1.82, 2.24) is 4.98 Å². The molecule has 1 N–H and O–H groups in total. The van der Waals surface area contributed by atoms with Crippen LogP contribution >= 0.6 is 0 Å². The molecule has 0 fully saturated rings. The quantitative estimate of drug-likeness (QED) is 0.911. The van der Waals surface area contributed by atoms with Crippen molar-refractivity contribution >= 4 is 5.97 Å². The van der Waals surface area contributed by atoms with Crippen molar-refractivity contribution < 1.29 is 23.1 Å². The SMILES string of the molecule is Cc1ccc(-c2ccc(C(F)(F)F)cc2C(=O)O)cn1. The molecule has 0 bridgehead atoms. The number of carbonyl (C=O) groups is 1. The molecule has 6 heteroatoms. The minimum Gasteiger partial charge on any atom is -0.478 e. The lowest BCUT2D eigenvalue weighted by Crippen LogP contribution is -2.08. The Bertz CT molecular complexity index is 648. The molecule has 0 radical (unpaired) electrons. The van der Waals surface area contributed by atoms with Gasteiger partial charge in [-0.05, 0) is 30.7 Å². The number of aromatic nitrogens is 1.